The van der Waals surface area contributed by atoms with Crippen LogP contribution < -0.4 is 5.73 Å². The lowest BCUT2D eigenvalue weighted by molar-refractivity contribution is 0.524. The van der Waals surface area contributed by atoms with Crippen molar-refractivity contribution >= 4 is 16.6 Å². The van der Waals surface area contributed by atoms with E-state index in [9.17, 15) is 0 Å². The standard InChI is InChI=1S/C13H18N2/c1-10(2)6-8-15-9-7-11-12(14)4-3-5-13(11)15/h3-5,7,9-10H,6,8,14H2,1-2H3. The van der Waals surface area contributed by atoms with Crippen molar-refractivity contribution in [3.05, 3.63) is 30.5 Å². The van der Waals surface area contributed by atoms with Gasteiger partial charge in [0.05, 0.1) is 5.52 Å². The van der Waals surface area contributed by atoms with Crippen molar-refractivity contribution in [1.29, 1.82) is 0 Å². The summed E-state index contributed by atoms with van der Waals surface area (Å²) in [6, 6.07) is 8.20. The summed E-state index contributed by atoms with van der Waals surface area (Å²) < 4.78 is 2.28. The van der Waals surface area contributed by atoms with Crippen LogP contribution in [0.3, 0.4) is 0 Å². The highest BCUT2D eigenvalue weighted by atomic mass is 14.9. The predicted molar refractivity (Wildman–Crippen MR) is 65.8 cm³/mol. The van der Waals surface area contributed by atoms with E-state index in [-0.39, 0.29) is 0 Å². The predicted octanol–water partition coefficient (Wildman–Crippen LogP) is 3.27. The molecule has 0 aliphatic carbocycles. The molecule has 0 atom stereocenters. The first kappa shape index (κ1) is 10.1. The van der Waals surface area contributed by atoms with Crippen LogP contribution >= 0.6 is 0 Å². The number of nitrogens with two attached hydrogens (primary N) is 1. The Morgan fingerprint density at radius 1 is 1.27 bits per heavy atom. The van der Waals surface area contributed by atoms with Crippen molar-refractivity contribution in [1.82, 2.24) is 4.57 Å². The van der Waals surface area contributed by atoms with Gasteiger partial charge in [-0.25, -0.2) is 0 Å². The molecule has 15 heavy (non-hydrogen) atoms. The highest BCUT2D eigenvalue weighted by Crippen LogP contribution is 2.22. The molecule has 1 aromatic carbocycles. The third-order valence-electron chi connectivity index (χ3n) is 2.79. The zero-order valence-corrected chi connectivity index (χ0v) is 9.40. The van der Waals surface area contributed by atoms with Gasteiger partial charge in [-0.3, -0.25) is 0 Å². The van der Waals surface area contributed by atoms with E-state index in [4.69, 9.17) is 5.73 Å². The van der Waals surface area contributed by atoms with E-state index in [1.54, 1.807) is 0 Å². The average molecular weight is 202 g/mol. The Hall–Kier alpha value is -1.44. The van der Waals surface area contributed by atoms with E-state index < -0.39 is 0 Å². The largest absolute Gasteiger partial charge is 0.398 e. The number of rotatable bonds is 3. The Balaban J connectivity index is 2.33. The second kappa shape index (κ2) is 3.97. The molecule has 1 aromatic heterocycles. The SMILES string of the molecule is CC(C)CCn1ccc2c(N)cccc21. The van der Waals surface area contributed by atoms with Crippen LogP contribution in [0.25, 0.3) is 10.9 Å². The van der Waals surface area contributed by atoms with E-state index in [1.807, 2.05) is 12.1 Å². The molecule has 0 saturated heterocycles. The summed E-state index contributed by atoms with van der Waals surface area (Å²) in [5.74, 6) is 0.739. The first-order valence-corrected chi connectivity index (χ1v) is 5.52. The molecule has 2 heteroatoms. The number of nitrogens with zero attached hydrogens (tertiary/aromatic N) is 1. The summed E-state index contributed by atoms with van der Waals surface area (Å²) in [5.41, 5.74) is 8.03. The summed E-state index contributed by atoms with van der Waals surface area (Å²) in [6.45, 7) is 5.57. The summed E-state index contributed by atoms with van der Waals surface area (Å²) in [6.07, 6.45) is 3.34. The molecule has 0 spiro atoms. The van der Waals surface area contributed by atoms with Gasteiger partial charge in [-0.15, -0.1) is 0 Å². The highest BCUT2D eigenvalue weighted by Gasteiger charge is 2.03. The van der Waals surface area contributed by atoms with Crippen LogP contribution in [-0.4, -0.2) is 4.57 Å². The van der Waals surface area contributed by atoms with E-state index >= 15 is 0 Å². The van der Waals surface area contributed by atoms with Gasteiger partial charge < -0.3 is 10.3 Å². The molecule has 2 N–H and O–H groups in total. The van der Waals surface area contributed by atoms with Gasteiger partial charge in [0.25, 0.3) is 0 Å². The number of anilines is 1. The summed E-state index contributed by atoms with van der Waals surface area (Å²) in [4.78, 5) is 0. The van der Waals surface area contributed by atoms with Crippen molar-refractivity contribution in [3.63, 3.8) is 0 Å². The zero-order valence-electron chi connectivity index (χ0n) is 9.40. The molecule has 2 aromatic rings. The molecular weight excluding hydrogens is 184 g/mol. The van der Waals surface area contributed by atoms with Crippen molar-refractivity contribution in [2.75, 3.05) is 5.73 Å². The second-order valence-corrected chi connectivity index (χ2v) is 4.47. The maximum Gasteiger partial charge on any atom is 0.0501 e. The van der Waals surface area contributed by atoms with Crippen LogP contribution in [0.2, 0.25) is 0 Å². The average Bonchev–Trinajstić information content (AvgIpc) is 2.59. The molecule has 0 unspecified atom stereocenters. The number of benzene rings is 1. The maximum atomic E-state index is 5.91. The Labute approximate surface area is 90.7 Å². The molecule has 1 heterocycles. The fraction of sp³-hybridized carbons (Fsp3) is 0.385. The van der Waals surface area contributed by atoms with Gasteiger partial charge in [0.2, 0.25) is 0 Å². The molecule has 2 nitrogen and oxygen atoms in total. The smallest absolute Gasteiger partial charge is 0.0501 e. The minimum Gasteiger partial charge on any atom is -0.398 e. The molecule has 0 aliphatic heterocycles. The van der Waals surface area contributed by atoms with Crippen molar-refractivity contribution in [2.24, 2.45) is 5.92 Å². The Bertz CT molecular complexity index is 455. The summed E-state index contributed by atoms with van der Waals surface area (Å²) in [7, 11) is 0. The molecular formula is C13H18N2. The fourth-order valence-corrected chi connectivity index (χ4v) is 1.84. The van der Waals surface area contributed by atoms with Gasteiger partial charge in [0, 0.05) is 23.8 Å². The number of aryl methyl sites for hydroxylation is 1. The Kier molecular flexibility index (Phi) is 2.67. The van der Waals surface area contributed by atoms with Crippen LogP contribution in [0.4, 0.5) is 5.69 Å². The number of aromatic nitrogens is 1. The van der Waals surface area contributed by atoms with Gasteiger partial charge in [0.1, 0.15) is 0 Å². The maximum absolute atomic E-state index is 5.91. The van der Waals surface area contributed by atoms with Crippen molar-refractivity contribution < 1.29 is 0 Å². The van der Waals surface area contributed by atoms with Crippen LogP contribution in [0.15, 0.2) is 30.5 Å². The lowest BCUT2D eigenvalue weighted by atomic mass is 10.1. The van der Waals surface area contributed by atoms with Crippen LogP contribution in [0, 0.1) is 5.92 Å². The highest BCUT2D eigenvalue weighted by molar-refractivity contribution is 5.91. The van der Waals surface area contributed by atoms with Crippen LogP contribution in [-0.2, 0) is 6.54 Å². The summed E-state index contributed by atoms with van der Waals surface area (Å²) in [5, 5.41) is 1.17. The number of hydrogen-bond donors (Lipinski definition) is 1. The normalized spacial score (nSPS) is 11.4. The van der Waals surface area contributed by atoms with Gasteiger partial charge in [-0.1, -0.05) is 19.9 Å². The van der Waals surface area contributed by atoms with Crippen LogP contribution in [0.1, 0.15) is 20.3 Å². The lowest BCUT2D eigenvalue weighted by Gasteiger charge is -2.07. The molecule has 0 bridgehead atoms. The molecule has 2 rings (SSSR count). The molecule has 80 valence electrons. The van der Waals surface area contributed by atoms with Gasteiger partial charge in [-0.05, 0) is 30.5 Å². The fourth-order valence-electron chi connectivity index (χ4n) is 1.84. The number of fused-ring (bicyclic) bond motifs is 1. The number of nitrogen functional groups attached to an aromatic ring is 1. The first-order valence-electron chi connectivity index (χ1n) is 5.52. The molecule has 0 amide bonds. The molecule has 0 saturated carbocycles. The molecule has 0 aliphatic rings. The minimum absolute atomic E-state index is 0.739. The van der Waals surface area contributed by atoms with Crippen molar-refractivity contribution in [3.8, 4) is 0 Å². The quantitative estimate of drug-likeness (QED) is 0.761. The lowest BCUT2D eigenvalue weighted by Crippen LogP contribution is -1.99. The van der Waals surface area contributed by atoms with Gasteiger partial charge in [0.15, 0.2) is 0 Å². The third kappa shape index (κ3) is 1.99. The van der Waals surface area contributed by atoms with E-state index in [0.29, 0.717) is 0 Å². The molecule has 0 radical (unpaired) electrons. The summed E-state index contributed by atoms with van der Waals surface area (Å²) >= 11 is 0. The number of hydrogen-bond acceptors (Lipinski definition) is 1. The second-order valence-electron chi connectivity index (χ2n) is 4.47. The van der Waals surface area contributed by atoms with E-state index in [2.05, 4.69) is 36.7 Å². The Morgan fingerprint density at radius 3 is 2.80 bits per heavy atom. The molecule has 0 fully saturated rings. The topological polar surface area (TPSA) is 30.9 Å². The minimum atomic E-state index is 0.739. The monoisotopic (exact) mass is 202 g/mol. The zero-order chi connectivity index (χ0) is 10.8. The van der Waals surface area contributed by atoms with E-state index in [1.165, 1.54) is 17.3 Å². The van der Waals surface area contributed by atoms with Gasteiger partial charge >= 0.3 is 0 Å². The first-order chi connectivity index (χ1) is 7.18. The van der Waals surface area contributed by atoms with Crippen LogP contribution in [0.5, 0.6) is 0 Å². The third-order valence-corrected chi connectivity index (χ3v) is 2.79. The van der Waals surface area contributed by atoms with Crippen molar-refractivity contribution in [2.45, 2.75) is 26.8 Å². The van der Waals surface area contributed by atoms with Gasteiger partial charge in [-0.2, -0.15) is 0 Å². The Morgan fingerprint density at radius 2 is 2.07 bits per heavy atom. The van der Waals surface area contributed by atoms with E-state index in [0.717, 1.165) is 18.2 Å².